The molecule has 0 unspecified atom stereocenters. The molecule has 3 aromatic rings. The second-order valence-electron chi connectivity index (χ2n) is 6.92. The highest BCUT2D eigenvalue weighted by Crippen LogP contribution is 2.28. The average molecular weight is 493 g/mol. The lowest BCUT2D eigenvalue weighted by Crippen LogP contribution is -2.39. The van der Waals surface area contributed by atoms with Gasteiger partial charge >= 0.3 is 0 Å². The zero-order valence-corrected chi connectivity index (χ0v) is 19.6. The Kier molecular flexibility index (Phi) is 8.15. The maximum Gasteiger partial charge on any atom is 0.243 e. The van der Waals surface area contributed by atoms with E-state index in [0.29, 0.717) is 27.9 Å². The van der Waals surface area contributed by atoms with Crippen LogP contribution < -0.4 is 10.1 Å². The van der Waals surface area contributed by atoms with Gasteiger partial charge in [0.2, 0.25) is 15.9 Å². The van der Waals surface area contributed by atoms with Crippen molar-refractivity contribution in [2.75, 3.05) is 25.5 Å². The quantitative estimate of drug-likeness (QED) is 0.462. The number of nitrogens with one attached hydrogen (secondary N) is 1. The number of sulfonamides is 1. The highest BCUT2D eigenvalue weighted by Gasteiger charge is 2.27. The summed E-state index contributed by atoms with van der Waals surface area (Å²) in [6.07, 6.45) is 0.446. The molecular weight excluding hydrogens is 471 g/mol. The third kappa shape index (κ3) is 6.23. The van der Waals surface area contributed by atoms with Crippen LogP contribution in [0.15, 0.2) is 77.7 Å². The lowest BCUT2D eigenvalue weighted by molar-refractivity contribution is -0.116. The van der Waals surface area contributed by atoms with Crippen LogP contribution in [0.25, 0.3) is 0 Å². The van der Waals surface area contributed by atoms with Crippen LogP contribution in [0.2, 0.25) is 10.0 Å². The lowest BCUT2D eigenvalue weighted by Gasteiger charge is -2.22. The molecule has 0 atom stereocenters. The van der Waals surface area contributed by atoms with Gasteiger partial charge in [-0.2, -0.15) is 4.31 Å². The van der Waals surface area contributed by atoms with Crippen molar-refractivity contribution in [1.29, 1.82) is 0 Å². The summed E-state index contributed by atoms with van der Waals surface area (Å²) in [4.78, 5) is 12.9. The molecular formula is C23H22Cl2N2O4S. The number of hydrogen-bond acceptors (Lipinski definition) is 4. The minimum Gasteiger partial charge on any atom is -0.495 e. The molecule has 3 rings (SSSR count). The second-order valence-corrected chi connectivity index (χ2v) is 9.73. The molecule has 0 spiro atoms. The van der Waals surface area contributed by atoms with E-state index in [-0.39, 0.29) is 18.0 Å². The summed E-state index contributed by atoms with van der Waals surface area (Å²) < 4.78 is 33.0. The number of carbonyl (C=O) groups excluding carboxylic acids is 1. The number of ether oxygens (including phenoxy) is 1. The van der Waals surface area contributed by atoms with Crippen LogP contribution in [-0.4, -0.2) is 38.8 Å². The standard InChI is InChI=1S/C23H22Cl2N2O4S/c1-31-22-12-9-19(25)15-21(22)26-23(28)16-27(14-13-17-5-3-2-4-6-17)32(29,30)20-10-7-18(24)8-11-20/h2-12,15H,13-14,16H2,1H3,(H,26,28). The van der Waals surface area contributed by atoms with Crippen molar-refractivity contribution in [3.05, 3.63) is 88.4 Å². The summed E-state index contributed by atoms with van der Waals surface area (Å²) in [6, 6.07) is 20.1. The largest absolute Gasteiger partial charge is 0.495 e. The van der Waals surface area contributed by atoms with Crippen LogP contribution in [0.5, 0.6) is 5.75 Å². The molecule has 0 aliphatic rings. The minimum atomic E-state index is -3.94. The molecule has 6 nitrogen and oxygen atoms in total. The maximum absolute atomic E-state index is 13.3. The number of methoxy groups -OCH3 is 1. The molecule has 9 heteroatoms. The first-order valence-corrected chi connectivity index (χ1v) is 11.9. The van der Waals surface area contributed by atoms with E-state index >= 15 is 0 Å². The van der Waals surface area contributed by atoms with E-state index in [2.05, 4.69) is 5.32 Å². The molecule has 0 aliphatic heterocycles. The molecule has 32 heavy (non-hydrogen) atoms. The monoisotopic (exact) mass is 492 g/mol. The summed E-state index contributed by atoms with van der Waals surface area (Å²) >= 11 is 11.9. The van der Waals surface area contributed by atoms with Gasteiger partial charge in [-0.25, -0.2) is 8.42 Å². The van der Waals surface area contributed by atoms with Crippen molar-refractivity contribution in [2.45, 2.75) is 11.3 Å². The zero-order chi connectivity index (χ0) is 23.1. The highest BCUT2D eigenvalue weighted by molar-refractivity contribution is 7.89. The molecule has 1 amide bonds. The number of nitrogens with zero attached hydrogens (tertiary/aromatic N) is 1. The summed E-state index contributed by atoms with van der Waals surface area (Å²) in [5.41, 5.74) is 1.32. The van der Waals surface area contributed by atoms with E-state index in [1.165, 1.54) is 31.4 Å². The zero-order valence-electron chi connectivity index (χ0n) is 17.3. The van der Waals surface area contributed by atoms with Crippen molar-refractivity contribution in [2.24, 2.45) is 0 Å². The van der Waals surface area contributed by atoms with E-state index in [9.17, 15) is 13.2 Å². The predicted octanol–water partition coefficient (Wildman–Crippen LogP) is 4.87. The molecule has 168 valence electrons. The first-order chi connectivity index (χ1) is 15.3. The average Bonchev–Trinajstić information content (AvgIpc) is 2.77. The fourth-order valence-electron chi connectivity index (χ4n) is 3.07. The van der Waals surface area contributed by atoms with Gasteiger partial charge in [0.15, 0.2) is 0 Å². The number of anilines is 1. The van der Waals surface area contributed by atoms with Crippen LogP contribution in [-0.2, 0) is 21.2 Å². The first kappa shape index (κ1) is 24.1. The third-order valence-corrected chi connectivity index (χ3v) is 7.05. The van der Waals surface area contributed by atoms with Crippen LogP contribution >= 0.6 is 23.2 Å². The summed E-state index contributed by atoms with van der Waals surface area (Å²) in [5, 5.41) is 3.52. The van der Waals surface area contributed by atoms with Gasteiger partial charge < -0.3 is 10.1 Å². The Balaban J connectivity index is 1.84. The number of rotatable bonds is 9. The molecule has 1 N–H and O–H groups in total. The topological polar surface area (TPSA) is 75.7 Å². The van der Waals surface area contributed by atoms with Crippen molar-refractivity contribution in [1.82, 2.24) is 4.31 Å². The van der Waals surface area contributed by atoms with Crippen LogP contribution in [0.3, 0.4) is 0 Å². The Morgan fingerprint density at radius 1 is 0.969 bits per heavy atom. The maximum atomic E-state index is 13.3. The van der Waals surface area contributed by atoms with Gasteiger partial charge in [0.1, 0.15) is 5.75 Å². The summed E-state index contributed by atoms with van der Waals surface area (Å²) in [6.45, 7) is -0.261. The smallest absolute Gasteiger partial charge is 0.243 e. The van der Waals surface area contributed by atoms with Gasteiger partial charge in [0.05, 0.1) is 24.2 Å². The van der Waals surface area contributed by atoms with Crippen molar-refractivity contribution in [3.8, 4) is 5.75 Å². The fraction of sp³-hybridized carbons (Fsp3) is 0.174. The molecule has 3 aromatic carbocycles. The SMILES string of the molecule is COc1ccc(Cl)cc1NC(=O)CN(CCc1ccccc1)S(=O)(=O)c1ccc(Cl)cc1. The lowest BCUT2D eigenvalue weighted by atomic mass is 10.1. The molecule has 0 saturated carbocycles. The van der Waals surface area contributed by atoms with E-state index in [0.717, 1.165) is 9.87 Å². The van der Waals surface area contributed by atoms with Crippen LogP contribution in [0, 0.1) is 0 Å². The van der Waals surface area contributed by atoms with E-state index in [1.807, 2.05) is 30.3 Å². The van der Waals surface area contributed by atoms with Gasteiger partial charge in [-0.3, -0.25) is 4.79 Å². The summed E-state index contributed by atoms with van der Waals surface area (Å²) in [5.74, 6) is -0.102. The normalized spacial score (nSPS) is 11.4. The molecule has 0 saturated heterocycles. The number of benzene rings is 3. The predicted molar refractivity (Wildman–Crippen MR) is 127 cm³/mol. The molecule has 0 fully saturated rings. The van der Waals surface area contributed by atoms with Gasteiger partial charge in [-0.05, 0) is 54.4 Å². The van der Waals surface area contributed by atoms with Gasteiger partial charge in [0, 0.05) is 16.6 Å². The van der Waals surface area contributed by atoms with E-state index in [4.69, 9.17) is 27.9 Å². The number of hydrogen-bond donors (Lipinski definition) is 1. The Morgan fingerprint density at radius 3 is 2.28 bits per heavy atom. The van der Waals surface area contributed by atoms with Gasteiger partial charge in [-0.15, -0.1) is 0 Å². The minimum absolute atomic E-state index is 0.0584. The molecule has 0 aliphatic carbocycles. The number of halogens is 2. The first-order valence-electron chi connectivity index (χ1n) is 9.72. The number of amides is 1. The second kappa shape index (κ2) is 10.8. The fourth-order valence-corrected chi connectivity index (χ4v) is 4.76. The Labute approximate surface area is 197 Å². The molecule has 0 aromatic heterocycles. The highest BCUT2D eigenvalue weighted by atomic mass is 35.5. The van der Waals surface area contributed by atoms with Crippen LogP contribution in [0.1, 0.15) is 5.56 Å². The van der Waals surface area contributed by atoms with E-state index in [1.54, 1.807) is 18.2 Å². The third-order valence-electron chi connectivity index (χ3n) is 4.70. The van der Waals surface area contributed by atoms with Crippen molar-refractivity contribution in [3.63, 3.8) is 0 Å². The van der Waals surface area contributed by atoms with Crippen LogP contribution in [0.4, 0.5) is 5.69 Å². The Morgan fingerprint density at radius 2 is 1.62 bits per heavy atom. The number of carbonyl (C=O) groups is 1. The molecule has 0 bridgehead atoms. The Bertz CT molecular complexity index is 1170. The van der Waals surface area contributed by atoms with Gasteiger partial charge in [-0.1, -0.05) is 53.5 Å². The van der Waals surface area contributed by atoms with Crippen molar-refractivity contribution < 1.29 is 17.9 Å². The Hall–Kier alpha value is -2.58. The summed E-state index contributed by atoms with van der Waals surface area (Å²) in [7, 11) is -2.47. The van der Waals surface area contributed by atoms with E-state index < -0.39 is 15.9 Å². The molecule has 0 radical (unpaired) electrons. The van der Waals surface area contributed by atoms with Gasteiger partial charge in [0.25, 0.3) is 0 Å². The van der Waals surface area contributed by atoms with Crippen molar-refractivity contribution >= 4 is 44.8 Å². The molecule has 0 heterocycles.